The van der Waals surface area contributed by atoms with Crippen LogP contribution in [-0.2, 0) is 9.53 Å². The number of nitrogens with one attached hydrogen (secondary N) is 1. The van der Waals surface area contributed by atoms with Gasteiger partial charge in [0.05, 0.1) is 19.3 Å². The number of hydrogen-bond acceptors (Lipinski definition) is 5. The molecule has 1 aliphatic heterocycles. The number of rotatable bonds is 6. The zero-order valence-electron chi connectivity index (χ0n) is 18.1. The minimum atomic E-state index is -0.250. The molecule has 3 rings (SSSR count). The van der Waals surface area contributed by atoms with E-state index in [2.05, 4.69) is 26.1 Å². The van der Waals surface area contributed by atoms with Crippen LogP contribution in [0.4, 0.5) is 5.69 Å². The summed E-state index contributed by atoms with van der Waals surface area (Å²) in [5, 5.41) is 2.83. The van der Waals surface area contributed by atoms with Crippen molar-refractivity contribution in [1.29, 1.82) is 0 Å². The molecule has 2 aromatic carbocycles. The van der Waals surface area contributed by atoms with Crippen molar-refractivity contribution in [2.75, 3.05) is 32.1 Å². The molecular weight excluding hydrogens is 480 g/mol. The Balaban J connectivity index is 1.63. The van der Waals surface area contributed by atoms with E-state index in [0.717, 1.165) is 39.4 Å². The average Bonchev–Trinajstić information content (AvgIpc) is 2.73. The van der Waals surface area contributed by atoms with E-state index in [9.17, 15) is 4.79 Å². The molecule has 6 nitrogen and oxygen atoms in total. The van der Waals surface area contributed by atoms with E-state index in [4.69, 9.17) is 26.4 Å². The molecule has 1 amide bonds. The highest BCUT2D eigenvalue weighted by Crippen LogP contribution is 2.29. The zero-order chi connectivity index (χ0) is 22.5. The van der Waals surface area contributed by atoms with Gasteiger partial charge >= 0.3 is 0 Å². The first kappa shape index (κ1) is 23.5. The molecule has 0 aliphatic carbocycles. The fourth-order valence-corrected chi connectivity index (χ4v) is 4.03. The molecule has 8 heteroatoms. The van der Waals surface area contributed by atoms with Gasteiger partial charge in [-0.15, -0.1) is 0 Å². The number of anilines is 1. The van der Waals surface area contributed by atoms with Crippen LogP contribution < -0.4 is 14.8 Å². The number of morpholine rings is 1. The van der Waals surface area contributed by atoms with Gasteiger partial charge in [-0.2, -0.15) is 0 Å². The standard InChI is InChI=1S/C23H27BrN2O4S/c1-14-9-18(6-7-19(14)24)25-22(27)13-29-20-8-5-17(10-21(20)28-4)23(31)26-11-15(2)30-16(3)12-26/h5-10,15-16H,11-13H2,1-4H3,(H,25,27)/t15-,16-/m1/s1. The number of hydrogen-bond donors (Lipinski definition) is 1. The first-order valence-corrected chi connectivity index (χ1v) is 11.3. The SMILES string of the molecule is COc1cc(C(=S)N2C[C@@H](C)O[C@H](C)C2)ccc1OCC(=O)Nc1ccc(Br)c(C)c1. The average molecular weight is 507 g/mol. The number of thiocarbonyl (C=S) groups is 1. The lowest BCUT2D eigenvalue weighted by Crippen LogP contribution is -2.47. The van der Waals surface area contributed by atoms with Gasteiger partial charge in [-0.3, -0.25) is 4.79 Å². The lowest BCUT2D eigenvalue weighted by molar-refractivity contribution is -0.118. The van der Waals surface area contributed by atoms with Gasteiger partial charge in [0, 0.05) is 28.8 Å². The van der Waals surface area contributed by atoms with Gasteiger partial charge in [0.25, 0.3) is 5.91 Å². The van der Waals surface area contributed by atoms with E-state index in [-0.39, 0.29) is 24.7 Å². The van der Waals surface area contributed by atoms with Crippen molar-refractivity contribution in [3.8, 4) is 11.5 Å². The summed E-state index contributed by atoms with van der Waals surface area (Å²) in [6.45, 7) is 7.42. The maximum absolute atomic E-state index is 12.3. The van der Waals surface area contributed by atoms with Crippen LogP contribution in [-0.4, -0.2) is 54.8 Å². The summed E-state index contributed by atoms with van der Waals surface area (Å²) in [4.78, 5) is 15.2. The second-order valence-electron chi connectivity index (χ2n) is 7.63. The van der Waals surface area contributed by atoms with Crippen LogP contribution in [0.3, 0.4) is 0 Å². The predicted octanol–water partition coefficient (Wildman–Crippen LogP) is 4.57. The molecule has 1 aliphatic rings. The Morgan fingerprint density at radius 2 is 1.90 bits per heavy atom. The van der Waals surface area contributed by atoms with E-state index >= 15 is 0 Å². The highest BCUT2D eigenvalue weighted by Gasteiger charge is 2.25. The monoisotopic (exact) mass is 506 g/mol. The van der Waals surface area contributed by atoms with Crippen LogP contribution in [0.1, 0.15) is 25.0 Å². The smallest absolute Gasteiger partial charge is 0.262 e. The maximum Gasteiger partial charge on any atom is 0.262 e. The van der Waals surface area contributed by atoms with Gasteiger partial charge in [-0.25, -0.2) is 0 Å². The lowest BCUT2D eigenvalue weighted by atomic mass is 10.1. The van der Waals surface area contributed by atoms with Crippen molar-refractivity contribution in [1.82, 2.24) is 4.90 Å². The van der Waals surface area contributed by atoms with Crippen LogP contribution in [0.15, 0.2) is 40.9 Å². The van der Waals surface area contributed by atoms with Crippen molar-refractivity contribution in [3.63, 3.8) is 0 Å². The molecule has 0 spiro atoms. The van der Waals surface area contributed by atoms with E-state index in [1.807, 2.05) is 51.1 Å². The highest BCUT2D eigenvalue weighted by molar-refractivity contribution is 9.10. The number of benzene rings is 2. The topological polar surface area (TPSA) is 60.0 Å². The molecule has 0 unspecified atom stereocenters. The Morgan fingerprint density at radius 1 is 1.19 bits per heavy atom. The molecule has 166 valence electrons. The van der Waals surface area contributed by atoms with Crippen molar-refractivity contribution in [3.05, 3.63) is 52.0 Å². The summed E-state index contributed by atoms with van der Waals surface area (Å²) in [7, 11) is 1.57. The Morgan fingerprint density at radius 3 is 2.55 bits per heavy atom. The number of carbonyl (C=O) groups excluding carboxylic acids is 1. The molecule has 2 atom stereocenters. The second kappa shape index (κ2) is 10.4. The summed E-state index contributed by atoms with van der Waals surface area (Å²) in [6, 6.07) is 11.1. The lowest BCUT2D eigenvalue weighted by Gasteiger charge is -2.37. The zero-order valence-corrected chi connectivity index (χ0v) is 20.5. The normalized spacial score (nSPS) is 18.4. The molecule has 1 fully saturated rings. The van der Waals surface area contributed by atoms with Gasteiger partial charge < -0.3 is 24.4 Å². The molecule has 0 aromatic heterocycles. The van der Waals surface area contributed by atoms with Gasteiger partial charge in [-0.1, -0.05) is 28.1 Å². The number of aryl methyl sites for hydroxylation is 1. The Labute approximate surface area is 197 Å². The number of methoxy groups -OCH3 is 1. The van der Waals surface area contributed by atoms with Gasteiger partial charge in [-0.05, 0) is 62.7 Å². The third-order valence-electron chi connectivity index (χ3n) is 4.92. The number of ether oxygens (including phenoxy) is 3. The third-order valence-corrected chi connectivity index (χ3v) is 6.30. The molecule has 1 saturated heterocycles. The first-order chi connectivity index (χ1) is 14.8. The molecule has 0 saturated carbocycles. The van der Waals surface area contributed by atoms with Gasteiger partial charge in [0.15, 0.2) is 18.1 Å². The van der Waals surface area contributed by atoms with Crippen molar-refractivity contribution >= 4 is 44.7 Å². The fourth-order valence-electron chi connectivity index (χ4n) is 3.51. The summed E-state index contributed by atoms with van der Waals surface area (Å²) < 4.78 is 18.0. The highest BCUT2D eigenvalue weighted by atomic mass is 79.9. The van der Waals surface area contributed by atoms with E-state index in [1.165, 1.54) is 0 Å². The predicted molar refractivity (Wildman–Crippen MR) is 129 cm³/mol. The number of nitrogens with zero attached hydrogens (tertiary/aromatic N) is 1. The Hall–Kier alpha value is -2.16. The second-order valence-corrected chi connectivity index (χ2v) is 8.87. The van der Waals surface area contributed by atoms with Crippen LogP contribution in [0, 0.1) is 6.92 Å². The van der Waals surface area contributed by atoms with Gasteiger partial charge in [0.2, 0.25) is 0 Å². The van der Waals surface area contributed by atoms with E-state index in [0.29, 0.717) is 11.5 Å². The molecule has 0 radical (unpaired) electrons. The van der Waals surface area contributed by atoms with Crippen LogP contribution in [0.2, 0.25) is 0 Å². The molecular formula is C23H27BrN2O4S. The third kappa shape index (κ3) is 6.18. The molecule has 31 heavy (non-hydrogen) atoms. The van der Waals surface area contributed by atoms with E-state index in [1.54, 1.807) is 13.2 Å². The molecule has 1 heterocycles. The molecule has 0 bridgehead atoms. The van der Waals surface area contributed by atoms with Crippen molar-refractivity contribution in [2.24, 2.45) is 0 Å². The first-order valence-electron chi connectivity index (χ1n) is 10.1. The number of halogens is 1. The van der Waals surface area contributed by atoms with Crippen LogP contribution >= 0.6 is 28.1 Å². The summed E-state index contributed by atoms with van der Waals surface area (Å²) in [5.41, 5.74) is 2.63. The minimum Gasteiger partial charge on any atom is -0.493 e. The Kier molecular flexibility index (Phi) is 7.91. The van der Waals surface area contributed by atoms with Crippen molar-refractivity contribution < 1.29 is 19.0 Å². The summed E-state index contributed by atoms with van der Waals surface area (Å²) >= 11 is 9.15. The maximum atomic E-state index is 12.3. The summed E-state index contributed by atoms with van der Waals surface area (Å²) in [6.07, 6.45) is 0.249. The quantitative estimate of drug-likeness (QED) is 0.579. The molecule has 1 N–H and O–H groups in total. The Bertz CT molecular complexity index is 959. The fraction of sp³-hybridized carbons (Fsp3) is 0.391. The van der Waals surface area contributed by atoms with Crippen LogP contribution in [0.25, 0.3) is 0 Å². The largest absolute Gasteiger partial charge is 0.493 e. The van der Waals surface area contributed by atoms with E-state index < -0.39 is 0 Å². The number of carbonyl (C=O) groups is 1. The number of amides is 1. The molecule has 2 aromatic rings. The minimum absolute atomic E-state index is 0.124. The van der Waals surface area contributed by atoms with Gasteiger partial charge in [0.1, 0.15) is 4.99 Å². The van der Waals surface area contributed by atoms with Crippen molar-refractivity contribution in [2.45, 2.75) is 33.0 Å². The summed E-state index contributed by atoms with van der Waals surface area (Å²) in [5.74, 6) is 0.765. The van der Waals surface area contributed by atoms with Crippen LogP contribution in [0.5, 0.6) is 11.5 Å².